The quantitative estimate of drug-likeness (QED) is 0.340. The van der Waals surface area contributed by atoms with E-state index in [9.17, 15) is 19.8 Å². The van der Waals surface area contributed by atoms with E-state index in [-0.39, 0.29) is 36.0 Å². The fraction of sp³-hybridized carbons (Fsp3) is 0.304. The number of phenolic OH excluding ortho intramolecular Hbond substituents is 1. The first-order valence-corrected chi connectivity index (χ1v) is 10.9. The van der Waals surface area contributed by atoms with Crippen molar-refractivity contribution in [3.63, 3.8) is 0 Å². The van der Waals surface area contributed by atoms with Crippen molar-refractivity contribution < 1.29 is 38.7 Å². The topological polar surface area (TPSA) is 115 Å². The molecule has 2 N–H and O–H groups in total. The molecule has 0 saturated carbocycles. The van der Waals surface area contributed by atoms with E-state index in [1.165, 1.54) is 25.2 Å². The van der Waals surface area contributed by atoms with Crippen LogP contribution in [0.15, 0.2) is 40.4 Å². The average Bonchev–Trinajstić information content (AvgIpc) is 3.08. The molecule has 1 unspecified atom stereocenters. The van der Waals surface area contributed by atoms with Crippen LogP contribution in [0.25, 0.3) is 5.76 Å². The summed E-state index contributed by atoms with van der Waals surface area (Å²) in [6, 6.07) is 6.96. The standard InChI is InChI=1S/C23H22BrNO8/c1-30-6-5-25-19(13-9-14(24)21(27)17(11-13)31-2)18(22(28)23(25)29)20(26)12-3-4-15-16(10-12)33-8-7-32-15/h3-4,9-11,19,26-27H,5-8H2,1-2H3. The van der Waals surface area contributed by atoms with Gasteiger partial charge in [-0.15, -0.1) is 0 Å². The number of amides is 1. The van der Waals surface area contributed by atoms with E-state index in [1.54, 1.807) is 24.3 Å². The minimum absolute atomic E-state index is 0.0903. The zero-order chi connectivity index (χ0) is 23.7. The number of carbonyl (C=O) groups excluding carboxylic acids is 2. The summed E-state index contributed by atoms with van der Waals surface area (Å²) >= 11 is 3.28. The average molecular weight is 520 g/mol. The van der Waals surface area contributed by atoms with Crippen LogP contribution >= 0.6 is 15.9 Å². The Bertz CT molecular complexity index is 1150. The third kappa shape index (κ3) is 4.11. The predicted molar refractivity (Wildman–Crippen MR) is 121 cm³/mol. The number of ether oxygens (including phenoxy) is 4. The molecule has 2 aromatic rings. The molecule has 2 aliphatic heterocycles. The highest BCUT2D eigenvalue weighted by molar-refractivity contribution is 9.10. The summed E-state index contributed by atoms with van der Waals surface area (Å²) in [5, 5.41) is 21.4. The van der Waals surface area contributed by atoms with Gasteiger partial charge in [0.25, 0.3) is 11.7 Å². The van der Waals surface area contributed by atoms with Crippen LogP contribution in [0.4, 0.5) is 0 Å². The van der Waals surface area contributed by atoms with Gasteiger partial charge in [-0.25, -0.2) is 0 Å². The van der Waals surface area contributed by atoms with E-state index >= 15 is 0 Å². The zero-order valence-electron chi connectivity index (χ0n) is 18.0. The summed E-state index contributed by atoms with van der Waals surface area (Å²) in [6.45, 7) is 1.08. The minimum Gasteiger partial charge on any atom is -0.507 e. The molecule has 1 fully saturated rings. The van der Waals surface area contributed by atoms with Crippen molar-refractivity contribution in [1.82, 2.24) is 4.90 Å². The number of halogens is 1. The molecule has 2 heterocycles. The zero-order valence-corrected chi connectivity index (χ0v) is 19.5. The van der Waals surface area contributed by atoms with Gasteiger partial charge in [-0.2, -0.15) is 0 Å². The smallest absolute Gasteiger partial charge is 0.295 e. The number of aliphatic hydroxyl groups excluding tert-OH is 1. The number of aliphatic hydroxyl groups is 1. The SMILES string of the molecule is COCCN1C(=O)C(=O)C(=C(O)c2ccc3c(c2)OCCO3)C1c1cc(Br)c(O)c(OC)c1. The van der Waals surface area contributed by atoms with Crippen LogP contribution < -0.4 is 14.2 Å². The normalized spacial score (nSPS) is 19.1. The second-order valence-corrected chi connectivity index (χ2v) is 8.25. The van der Waals surface area contributed by atoms with Gasteiger partial charge in [0.05, 0.1) is 29.8 Å². The molecule has 1 amide bonds. The Kier molecular flexibility index (Phi) is 6.48. The molecule has 2 aliphatic rings. The largest absolute Gasteiger partial charge is 0.507 e. The van der Waals surface area contributed by atoms with Crippen molar-refractivity contribution >= 4 is 33.4 Å². The third-order valence-electron chi connectivity index (χ3n) is 5.48. The Morgan fingerprint density at radius 2 is 1.88 bits per heavy atom. The van der Waals surface area contributed by atoms with Gasteiger partial charge in [0, 0.05) is 19.2 Å². The van der Waals surface area contributed by atoms with Crippen LogP contribution in [0.1, 0.15) is 17.2 Å². The van der Waals surface area contributed by atoms with Gasteiger partial charge in [-0.1, -0.05) is 0 Å². The van der Waals surface area contributed by atoms with Crippen LogP contribution in [-0.2, 0) is 14.3 Å². The molecule has 10 heteroatoms. The lowest BCUT2D eigenvalue weighted by Gasteiger charge is -2.26. The number of hydrogen-bond acceptors (Lipinski definition) is 8. The van der Waals surface area contributed by atoms with Crippen LogP contribution in [0, 0.1) is 0 Å². The van der Waals surface area contributed by atoms with Crippen molar-refractivity contribution in [3.05, 3.63) is 51.5 Å². The molecule has 0 spiro atoms. The first-order valence-electron chi connectivity index (χ1n) is 10.1. The van der Waals surface area contributed by atoms with E-state index in [2.05, 4.69) is 15.9 Å². The van der Waals surface area contributed by atoms with E-state index in [1.807, 2.05) is 0 Å². The van der Waals surface area contributed by atoms with Crippen LogP contribution in [-0.4, -0.2) is 67.4 Å². The Labute approximate surface area is 198 Å². The maximum atomic E-state index is 13.1. The number of nitrogens with zero attached hydrogens (tertiary/aromatic N) is 1. The van der Waals surface area contributed by atoms with Crippen molar-refractivity contribution in [2.24, 2.45) is 0 Å². The number of Topliss-reactive ketones (excluding diaryl/α,β-unsaturated/α-hetero) is 1. The number of carbonyl (C=O) groups is 2. The number of aromatic hydroxyl groups is 1. The third-order valence-corrected chi connectivity index (χ3v) is 6.08. The van der Waals surface area contributed by atoms with Crippen LogP contribution in [0.3, 0.4) is 0 Å². The van der Waals surface area contributed by atoms with Gasteiger partial charge in [0.2, 0.25) is 0 Å². The second-order valence-electron chi connectivity index (χ2n) is 7.40. The molecule has 0 aromatic heterocycles. The monoisotopic (exact) mass is 519 g/mol. The van der Waals surface area contributed by atoms with Gasteiger partial charge in [-0.05, 0) is 51.8 Å². The number of rotatable bonds is 6. The fourth-order valence-electron chi connectivity index (χ4n) is 3.90. The van der Waals surface area contributed by atoms with Gasteiger partial charge in [-0.3, -0.25) is 9.59 Å². The molecular weight excluding hydrogens is 498 g/mol. The van der Waals surface area contributed by atoms with E-state index in [0.717, 1.165) is 0 Å². The lowest BCUT2D eigenvalue weighted by atomic mass is 9.95. The summed E-state index contributed by atoms with van der Waals surface area (Å²) in [5.41, 5.74) is 0.678. The van der Waals surface area contributed by atoms with E-state index < -0.39 is 17.7 Å². The number of phenols is 1. The molecular formula is C23H22BrNO8. The fourth-order valence-corrected chi connectivity index (χ4v) is 4.36. The molecule has 33 heavy (non-hydrogen) atoms. The number of likely N-dealkylation sites (tertiary alicyclic amines) is 1. The number of benzene rings is 2. The molecule has 9 nitrogen and oxygen atoms in total. The number of methoxy groups -OCH3 is 2. The Morgan fingerprint density at radius 1 is 1.15 bits per heavy atom. The van der Waals surface area contributed by atoms with E-state index in [4.69, 9.17) is 18.9 Å². The molecule has 1 atom stereocenters. The molecule has 0 radical (unpaired) electrons. The van der Waals surface area contributed by atoms with Gasteiger partial charge in [0.1, 0.15) is 19.0 Å². The van der Waals surface area contributed by atoms with Gasteiger partial charge in [0.15, 0.2) is 23.0 Å². The van der Waals surface area contributed by atoms with Crippen LogP contribution in [0.5, 0.6) is 23.0 Å². The Balaban J connectivity index is 1.88. The lowest BCUT2D eigenvalue weighted by molar-refractivity contribution is -0.140. The summed E-state index contributed by atoms with van der Waals surface area (Å²) in [5.74, 6) is -0.950. The Morgan fingerprint density at radius 3 is 2.58 bits per heavy atom. The lowest BCUT2D eigenvalue weighted by Crippen LogP contribution is -2.32. The first kappa shape index (κ1) is 22.9. The number of ketones is 1. The predicted octanol–water partition coefficient (Wildman–Crippen LogP) is 3.00. The van der Waals surface area contributed by atoms with E-state index in [0.29, 0.717) is 40.3 Å². The summed E-state index contributed by atoms with van der Waals surface area (Å²) in [7, 11) is 2.88. The summed E-state index contributed by atoms with van der Waals surface area (Å²) in [4.78, 5) is 27.3. The maximum absolute atomic E-state index is 13.1. The minimum atomic E-state index is -0.931. The summed E-state index contributed by atoms with van der Waals surface area (Å²) in [6.07, 6.45) is 0. The highest BCUT2D eigenvalue weighted by Crippen LogP contribution is 2.44. The highest BCUT2D eigenvalue weighted by Gasteiger charge is 2.46. The molecule has 0 bridgehead atoms. The number of hydrogen-bond donors (Lipinski definition) is 2. The van der Waals surface area contributed by atoms with Crippen LogP contribution in [0.2, 0.25) is 0 Å². The Hall–Kier alpha value is -3.24. The molecule has 4 rings (SSSR count). The summed E-state index contributed by atoms with van der Waals surface area (Å²) < 4.78 is 21.8. The molecule has 2 aromatic carbocycles. The highest BCUT2D eigenvalue weighted by atomic mass is 79.9. The first-order chi connectivity index (χ1) is 15.9. The van der Waals surface area contributed by atoms with Crippen molar-refractivity contribution in [1.29, 1.82) is 0 Å². The van der Waals surface area contributed by atoms with Gasteiger partial charge >= 0.3 is 0 Å². The number of fused-ring (bicyclic) bond motifs is 1. The second kappa shape index (κ2) is 9.32. The molecule has 1 saturated heterocycles. The van der Waals surface area contributed by atoms with Crippen molar-refractivity contribution in [2.75, 3.05) is 40.6 Å². The molecule has 0 aliphatic carbocycles. The van der Waals surface area contributed by atoms with Crippen molar-refractivity contribution in [2.45, 2.75) is 6.04 Å². The van der Waals surface area contributed by atoms with Crippen molar-refractivity contribution in [3.8, 4) is 23.0 Å². The molecule has 174 valence electrons. The maximum Gasteiger partial charge on any atom is 0.295 e. The van der Waals surface area contributed by atoms with Gasteiger partial charge < -0.3 is 34.1 Å².